The fraction of sp³-hybridized carbons (Fsp3) is 0.351. The molecule has 0 amide bonds. The number of esters is 1. The van der Waals surface area contributed by atoms with Gasteiger partial charge in [-0.1, -0.05) is 54.6 Å². The zero-order chi connectivity index (χ0) is 35.5. The lowest BCUT2D eigenvalue weighted by molar-refractivity contribution is -0.143. The van der Waals surface area contributed by atoms with Gasteiger partial charge in [-0.25, -0.2) is 13.2 Å². The minimum atomic E-state index is -4.84. The maximum absolute atomic E-state index is 15.2. The van der Waals surface area contributed by atoms with Crippen LogP contribution in [0.2, 0.25) is 0 Å². The Kier molecular flexibility index (Phi) is 11.0. The molecule has 5 nitrogen and oxygen atoms in total. The Labute approximate surface area is 284 Å². The molecule has 2 unspecified atom stereocenters. The third kappa shape index (κ3) is 7.91. The quantitative estimate of drug-likeness (QED) is 0.0908. The number of alkyl halides is 5. The molecule has 0 saturated carbocycles. The van der Waals surface area contributed by atoms with Crippen LogP contribution in [0.4, 0.5) is 26.3 Å². The average Bonchev–Trinajstić information content (AvgIpc) is 3.48. The first kappa shape index (κ1) is 36.3. The molecule has 0 aliphatic carbocycles. The second kappa shape index (κ2) is 14.8. The number of pyridine rings is 1. The summed E-state index contributed by atoms with van der Waals surface area (Å²) in [5.41, 5.74) is -0.878. The number of benzene rings is 3. The van der Waals surface area contributed by atoms with Gasteiger partial charge in [0.05, 0.1) is 34.8 Å². The first-order valence-electron chi connectivity index (χ1n) is 15.9. The third-order valence-corrected chi connectivity index (χ3v) is 9.89. The van der Waals surface area contributed by atoms with Crippen molar-refractivity contribution in [2.24, 2.45) is 0 Å². The van der Waals surface area contributed by atoms with Crippen molar-refractivity contribution in [3.8, 4) is 11.1 Å². The van der Waals surface area contributed by atoms with Crippen molar-refractivity contribution in [1.82, 2.24) is 9.88 Å². The number of carbonyl (C=O) groups is 1. The monoisotopic (exact) mass is 702 g/mol. The van der Waals surface area contributed by atoms with Gasteiger partial charge in [-0.15, -0.1) is 11.8 Å². The highest BCUT2D eigenvalue weighted by molar-refractivity contribution is 7.99. The maximum Gasteiger partial charge on any atom is 0.416 e. The van der Waals surface area contributed by atoms with Crippen molar-refractivity contribution in [2.45, 2.75) is 69.2 Å². The summed E-state index contributed by atoms with van der Waals surface area (Å²) in [6.07, 6.45) is -4.71. The summed E-state index contributed by atoms with van der Waals surface area (Å²) < 4.78 is 93.1. The van der Waals surface area contributed by atoms with Gasteiger partial charge in [0.15, 0.2) is 0 Å². The molecule has 49 heavy (non-hydrogen) atoms. The van der Waals surface area contributed by atoms with Gasteiger partial charge in [-0.05, 0) is 67.3 Å². The van der Waals surface area contributed by atoms with Crippen LogP contribution in [0.15, 0.2) is 82.6 Å². The van der Waals surface area contributed by atoms with Crippen LogP contribution in [0.25, 0.3) is 11.1 Å². The lowest BCUT2D eigenvalue weighted by Crippen LogP contribution is -2.36. The molecule has 0 bridgehead atoms. The number of thioether (sulfide) groups is 1. The molecule has 1 N–H and O–H groups in total. The molecule has 0 fully saturated rings. The van der Waals surface area contributed by atoms with Gasteiger partial charge in [0.25, 0.3) is 11.5 Å². The van der Waals surface area contributed by atoms with E-state index in [2.05, 4.69) is 5.32 Å². The van der Waals surface area contributed by atoms with Gasteiger partial charge in [-0.2, -0.15) is 13.2 Å². The molecule has 260 valence electrons. The molecule has 4 aromatic rings. The summed E-state index contributed by atoms with van der Waals surface area (Å²) in [6.45, 7) is 4.67. The minimum absolute atomic E-state index is 0.0522. The van der Waals surface area contributed by atoms with E-state index < -0.39 is 53.1 Å². The lowest BCUT2D eigenvalue weighted by atomic mass is 9.91. The second-order valence-corrected chi connectivity index (χ2v) is 13.0. The van der Waals surface area contributed by atoms with Crippen molar-refractivity contribution in [3.63, 3.8) is 0 Å². The third-order valence-electron chi connectivity index (χ3n) is 8.67. The minimum Gasteiger partial charge on any atom is -0.466 e. The molecule has 12 heteroatoms. The maximum atomic E-state index is 15.2. The number of rotatable bonds is 12. The fourth-order valence-electron chi connectivity index (χ4n) is 6.31. The molecule has 2 atom stereocenters. The van der Waals surface area contributed by atoms with Crippen LogP contribution >= 0.6 is 11.8 Å². The standard InChI is InChI=1S/C37H36F6N2O3S/c1-4-48-31(46)17-10-18-44-33(23-11-6-5-7-12-23)30-21-49-35-26(20-27-28(37(41,42)43)15-9-16-29(27)38)22(2)32(34(47)45(30)35)24-13-8-14-25(19-24)36(3,39)40/h5-9,11-16,19,30,33,44H,4,10,17-18,20-21H2,1-3H3. The van der Waals surface area contributed by atoms with Crippen LogP contribution in [-0.2, 0) is 28.1 Å². The van der Waals surface area contributed by atoms with Gasteiger partial charge >= 0.3 is 12.1 Å². The molecule has 1 aliphatic heterocycles. The SMILES string of the molecule is CCOC(=O)CCCNC(c1ccccc1)C1CSc2c(Cc3c(F)cccc3C(F)(F)F)c(C)c(-c3cccc(C(C)(F)F)c3)c(=O)n21. The summed E-state index contributed by atoms with van der Waals surface area (Å²) in [7, 11) is 0. The molecule has 0 radical (unpaired) electrons. The van der Waals surface area contributed by atoms with E-state index >= 15 is 4.39 Å². The van der Waals surface area contributed by atoms with Gasteiger partial charge in [0, 0.05) is 36.6 Å². The molecule has 0 spiro atoms. The van der Waals surface area contributed by atoms with Crippen LogP contribution in [0, 0.1) is 12.7 Å². The number of hydrogen-bond donors (Lipinski definition) is 1. The predicted molar refractivity (Wildman–Crippen MR) is 177 cm³/mol. The highest BCUT2D eigenvalue weighted by Crippen LogP contribution is 2.45. The number of carbonyl (C=O) groups excluding carboxylic acids is 1. The van der Waals surface area contributed by atoms with Crippen LogP contribution in [0.5, 0.6) is 0 Å². The Morgan fingerprint density at radius 2 is 1.73 bits per heavy atom. The summed E-state index contributed by atoms with van der Waals surface area (Å²) in [5.74, 6) is -4.27. The highest BCUT2D eigenvalue weighted by atomic mass is 32.2. The predicted octanol–water partition coefficient (Wildman–Crippen LogP) is 9.01. The number of nitrogens with zero attached hydrogens (tertiary/aromatic N) is 1. The van der Waals surface area contributed by atoms with E-state index in [0.29, 0.717) is 29.3 Å². The number of aromatic nitrogens is 1. The topological polar surface area (TPSA) is 60.3 Å². The van der Waals surface area contributed by atoms with Gasteiger partial charge in [0.1, 0.15) is 5.82 Å². The number of ether oxygens (including phenoxy) is 1. The molecule has 0 saturated heterocycles. The van der Waals surface area contributed by atoms with Gasteiger partial charge < -0.3 is 10.1 Å². The van der Waals surface area contributed by atoms with Crippen molar-refractivity contribution in [2.75, 3.05) is 18.9 Å². The van der Waals surface area contributed by atoms with Crippen molar-refractivity contribution < 1.29 is 35.9 Å². The average molecular weight is 703 g/mol. The van der Waals surface area contributed by atoms with Gasteiger partial charge in [-0.3, -0.25) is 14.2 Å². The molecule has 1 aromatic heterocycles. The molecule has 5 rings (SSSR count). The number of hydrogen-bond acceptors (Lipinski definition) is 5. The fourth-order valence-corrected chi connectivity index (χ4v) is 7.74. The van der Waals surface area contributed by atoms with E-state index in [1.165, 1.54) is 40.6 Å². The van der Waals surface area contributed by atoms with Crippen LogP contribution in [0.1, 0.15) is 72.2 Å². The van der Waals surface area contributed by atoms with Crippen LogP contribution in [0.3, 0.4) is 0 Å². The highest BCUT2D eigenvalue weighted by Gasteiger charge is 2.38. The van der Waals surface area contributed by atoms with Crippen molar-refractivity contribution >= 4 is 17.7 Å². The summed E-state index contributed by atoms with van der Waals surface area (Å²) in [5, 5.41) is 3.85. The molecular formula is C37H36F6N2O3S. The summed E-state index contributed by atoms with van der Waals surface area (Å²) in [4.78, 5) is 26.6. The van der Waals surface area contributed by atoms with Crippen LogP contribution < -0.4 is 10.9 Å². The van der Waals surface area contributed by atoms with E-state index in [4.69, 9.17) is 4.74 Å². The summed E-state index contributed by atoms with van der Waals surface area (Å²) >= 11 is 1.28. The Morgan fingerprint density at radius 1 is 1.02 bits per heavy atom. The first-order valence-corrected chi connectivity index (χ1v) is 16.9. The zero-order valence-electron chi connectivity index (χ0n) is 27.2. The smallest absolute Gasteiger partial charge is 0.416 e. The Balaban J connectivity index is 1.69. The van der Waals surface area contributed by atoms with Gasteiger partial charge in [0.2, 0.25) is 0 Å². The Hall–Kier alpha value is -4.03. The Bertz CT molecular complexity index is 1870. The van der Waals surface area contributed by atoms with Crippen molar-refractivity contribution in [3.05, 3.63) is 122 Å². The molecular weight excluding hydrogens is 666 g/mol. The second-order valence-electron chi connectivity index (χ2n) is 12.0. The normalized spacial score (nSPS) is 15.2. The molecule has 1 aliphatic rings. The van der Waals surface area contributed by atoms with Crippen molar-refractivity contribution in [1.29, 1.82) is 0 Å². The molecule has 2 heterocycles. The number of halogens is 6. The largest absolute Gasteiger partial charge is 0.466 e. The lowest BCUT2D eigenvalue weighted by Gasteiger charge is -2.28. The van der Waals surface area contributed by atoms with E-state index in [0.717, 1.165) is 30.7 Å². The van der Waals surface area contributed by atoms with Crippen LogP contribution in [-0.4, -0.2) is 29.4 Å². The Morgan fingerprint density at radius 3 is 2.41 bits per heavy atom. The van der Waals surface area contributed by atoms with E-state index in [-0.39, 0.29) is 41.3 Å². The van der Waals surface area contributed by atoms with E-state index in [9.17, 15) is 31.5 Å². The first-order chi connectivity index (χ1) is 23.2. The van der Waals surface area contributed by atoms with E-state index in [1.54, 1.807) is 13.8 Å². The van der Waals surface area contributed by atoms with E-state index in [1.807, 2.05) is 30.3 Å². The zero-order valence-corrected chi connectivity index (χ0v) is 28.0. The number of fused-ring (bicyclic) bond motifs is 1. The summed E-state index contributed by atoms with van der Waals surface area (Å²) in [6, 6.07) is 16.4. The number of nitrogens with one attached hydrogen (secondary N) is 1. The molecule has 3 aromatic carbocycles.